The highest BCUT2D eigenvalue weighted by molar-refractivity contribution is 5.69. The molecular formula is C15H16O. The topological polar surface area (TPSA) is 20.2 Å². The molecule has 2 rings (SSSR count). The van der Waals surface area contributed by atoms with Crippen LogP contribution in [0.25, 0.3) is 11.1 Å². The van der Waals surface area contributed by atoms with Crippen molar-refractivity contribution in [3.8, 4) is 16.9 Å². The Morgan fingerprint density at radius 1 is 0.812 bits per heavy atom. The molecule has 0 fully saturated rings. The summed E-state index contributed by atoms with van der Waals surface area (Å²) >= 11 is 0. The molecule has 2 aromatic rings. The number of rotatable bonds is 1. The van der Waals surface area contributed by atoms with Gasteiger partial charge >= 0.3 is 0 Å². The fourth-order valence-electron chi connectivity index (χ4n) is 1.87. The number of phenols is 1. The molecule has 0 aliphatic rings. The zero-order valence-corrected chi connectivity index (χ0v) is 9.91. The molecule has 16 heavy (non-hydrogen) atoms. The lowest BCUT2D eigenvalue weighted by molar-refractivity contribution is 0.471. The van der Waals surface area contributed by atoms with Gasteiger partial charge in [-0.15, -0.1) is 0 Å². The number of aromatic hydroxyl groups is 1. The van der Waals surface area contributed by atoms with Gasteiger partial charge in [-0.1, -0.05) is 29.8 Å². The van der Waals surface area contributed by atoms with E-state index in [0.717, 1.165) is 11.1 Å². The maximum Gasteiger partial charge on any atom is 0.118 e. The van der Waals surface area contributed by atoms with E-state index in [0.29, 0.717) is 5.75 Å². The van der Waals surface area contributed by atoms with Crippen LogP contribution in [0.5, 0.6) is 5.75 Å². The van der Waals surface area contributed by atoms with Gasteiger partial charge in [0, 0.05) is 0 Å². The smallest absolute Gasteiger partial charge is 0.118 e. The van der Waals surface area contributed by atoms with Gasteiger partial charge in [0.25, 0.3) is 0 Å². The van der Waals surface area contributed by atoms with E-state index in [-0.39, 0.29) is 0 Å². The van der Waals surface area contributed by atoms with Crippen molar-refractivity contribution < 1.29 is 5.11 Å². The molecule has 0 radical (unpaired) electrons. The molecule has 0 bridgehead atoms. The first kappa shape index (κ1) is 10.7. The van der Waals surface area contributed by atoms with E-state index in [1.807, 2.05) is 19.1 Å². The standard InChI is InChI=1S/C15H16O/c1-10-4-5-11(2)14(8-10)13-6-7-15(16)12(3)9-13/h4-9,16H,1-3H3. The fourth-order valence-corrected chi connectivity index (χ4v) is 1.87. The number of benzene rings is 2. The highest BCUT2D eigenvalue weighted by Crippen LogP contribution is 2.28. The highest BCUT2D eigenvalue weighted by atomic mass is 16.3. The summed E-state index contributed by atoms with van der Waals surface area (Å²) in [5, 5.41) is 9.51. The number of aryl methyl sites for hydroxylation is 3. The lowest BCUT2D eigenvalue weighted by Gasteiger charge is -2.09. The van der Waals surface area contributed by atoms with E-state index in [4.69, 9.17) is 0 Å². The van der Waals surface area contributed by atoms with Gasteiger partial charge in [-0.2, -0.15) is 0 Å². The largest absolute Gasteiger partial charge is 0.508 e. The summed E-state index contributed by atoms with van der Waals surface area (Å²) in [5.41, 5.74) is 5.83. The first-order valence-electron chi connectivity index (χ1n) is 5.45. The van der Waals surface area contributed by atoms with Crippen LogP contribution in [0, 0.1) is 20.8 Å². The number of phenolic OH excluding ortho intramolecular Hbond substituents is 1. The molecule has 2 aromatic carbocycles. The summed E-state index contributed by atoms with van der Waals surface area (Å²) in [7, 11) is 0. The summed E-state index contributed by atoms with van der Waals surface area (Å²) in [5.74, 6) is 0.356. The van der Waals surface area contributed by atoms with Crippen LogP contribution in [0.15, 0.2) is 36.4 Å². The lowest BCUT2D eigenvalue weighted by Crippen LogP contribution is -1.86. The predicted octanol–water partition coefficient (Wildman–Crippen LogP) is 3.98. The Morgan fingerprint density at radius 3 is 2.25 bits per heavy atom. The van der Waals surface area contributed by atoms with Crippen molar-refractivity contribution in [2.45, 2.75) is 20.8 Å². The van der Waals surface area contributed by atoms with Gasteiger partial charge in [-0.3, -0.25) is 0 Å². The molecule has 0 spiro atoms. The summed E-state index contributed by atoms with van der Waals surface area (Å²) in [6, 6.07) is 12.2. The third-order valence-electron chi connectivity index (χ3n) is 2.90. The van der Waals surface area contributed by atoms with Crippen LogP contribution in [0.2, 0.25) is 0 Å². The third-order valence-corrected chi connectivity index (χ3v) is 2.90. The number of hydrogen-bond donors (Lipinski definition) is 1. The van der Waals surface area contributed by atoms with Crippen LogP contribution in [0.3, 0.4) is 0 Å². The zero-order valence-electron chi connectivity index (χ0n) is 9.91. The molecule has 0 amide bonds. The molecule has 0 unspecified atom stereocenters. The van der Waals surface area contributed by atoms with E-state index in [1.54, 1.807) is 6.07 Å². The molecule has 0 aromatic heterocycles. The van der Waals surface area contributed by atoms with Gasteiger partial charge in [0.2, 0.25) is 0 Å². The molecule has 0 atom stereocenters. The van der Waals surface area contributed by atoms with E-state index >= 15 is 0 Å². The van der Waals surface area contributed by atoms with Crippen LogP contribution in [0.1, 0.15) is 16.7 Å². The van der Waals surface area contributed by atoms with Crippen molar-refractivity contribution in [2.75, 3.05) is 0 Å². The van der Waals surface area contributed by atoms with E-state index in [1.165, 1.54) is 16.7 Å². The summed E-state index contributed by atoms with van der Waals surface area (Å²) in [6.07, 6.45) is 0. The minimum atomic E-state index is 0.356. The second kappa shape index (κ2) is 4.01. The number of hydrogen-bond acceptors (Lipinski definition) is 1. The monoisotopic (exact) mass is 212 g/mol. The molecule has 0 aliphatic heterocycles. The van der Waals surface area contributed by atoms with Crippen molar-refractivity contribution in [1.29, 1.82) is 0 Å². The Balaban J connectivity index is 2.58. The molecular weight excluding hydrogens is 196 g/mol. The molecule has 0 saturated heterocycles. The summed E-state index contributed by atoms with van der Waals surface area (Å²) in [4.78, 5) is 0. The van der Waals surface area contributed by atoms with E-state index < -0.39 is 0 Å². The van der Waals surface area contributed by atoms with Gasteiger partial charge in [0.1, 0.15) is 5.75 Å². The van der Waals surface area contributed by atoms with Gasteiger partial charge in [0.05, 0.1) is 0 Å². The van der Waals surface area contributed by atoms with Crippen molar-refractivity contribution in [3.63, 3.8) is 0 Å². The third kappa shape index (κ3) is 1.94. The van der Waals surface area contributed by atoms with Crippen LogP contribution in [0.4, 0.5) is 0 Å². The minimum Gasteiger partial charge on any atom is -0.508 e. The highest BCUT2D eigenvalue weighted by Gasteiger charge is 2.04. The van der Waals surface area contributed by atoms with Gasteiger partial charge in [0.15, 0.2) is 0 Å². The maximum absolute atomic E-state index is 9.51. The first-order valence-corrected chi connectivity index (χ1v) is 5.45. The van der Waals surface area contributed by atoms with Gasteiger partial charge in [-0.25, -0.2) is 0 Å². The van der Waals surface area contributed by atoms with E-state index in [2.05, 4.69) is 32.0 Å². The second-order valence-electron chi connectivity index (χ2n) is 4.32. The average molecular weight is 212 g/mol. The van der Waals surface area contributed by atoms with Crippen molar-refractivity contribution in [3.05, 3.63) is 53.1 Å². The van der Waals surface area contributed by atoms with Crippen molar-refractivity contribution >= 4 is 0 Å². The second-order valence-corrected chi connectivity index (χ2v) is 4.32. The predicted molar refractivity (Wildman–Crippen MR) is 67.8 cm³/mol. The zero-order chi connectivity index (χ0) is 11.7. The Labute approximate surface area is 96.4 Å². The molecule has 1 heteroatoms. The SMILES string of the molecule is Cc1ccc(C)c(-c2ccc(O)c(C)c2)c1. The van der Waals surface area contributed by atoms with Crippen LogP contribution in [-0.2, 0) is 0 Å². The lowest BCUT2D eigenvalue weighted by atomic mass is 9.97. The van der Waals surface area contributed by atoms with Gasteiger partial charge in [-0.05, 0) is 55.2 Å². The normalized spacial score (nSPS) is 10.4. The molecule has 1 nitrogen and oxygen atoms in total. The quantitative estimate of drug-likeness (QED) is 0.758. The molecule has 82 valence electrons. The Morgan fingerprint density at radius 2 is 1.56 bits per heavy atom. The van der Waals surface area contributed by atoms with Crippen molar-refractivity contribution in [2.24, 2.45) is 0 Å². The first-order chi connectivity index (χ1) is 7.58. The maximum atomic E-state index is 9.51. The van der Waals surface area contributed by atoms with Crippen LogP contribution < -0.4 is 0 Å². The fraction of sp³-hybridized carbons (Fsp3) is 0.200. The van der Waals surface area contributed by atoms with Gasteiger partial charge < -0.3 is 5.11 Å². The summed E-state index contributed by atoms with van der Waals surface area (Å²) in [6.45, 7) is 6.12. The molecule has 0 heterocycles. The van der Waals surface area contributed by atoms with E-state index in [9.17, 15) is 5.11 Å². The molecule has 1 N–H and O–H groups in total. The minimum absolute atomic E-state index is 0.356. The molecule has 0 aliphatic carbocycles. The Bertz CT molecular complexity index is 527. The summed E-state index contributed by atoms with van der Waals surface area (Å²) < 4.78 is 0. The van der Waals surface area contributed by atoms with Crippen LogP contribution >= 0.6 is 0 Å². The van der Waals surface area contributed by atoms with Crippen LogP contribution in [-0.4, -0.2) is 5.11 Å². The Kier molecular flexibility index (Phi) is 2.69. The average Bonchev–Trinajstić information content (AvgIpc) is 2.26. The Hall–Kier alpha value is -1.76. The van der Waals surface area contributed by atoms with Crippen molar-refractivity contribution in [1.82, 2.24) is 0 Å². The molecule has 0 saturated carbocycles.